The number of hydrogen-bond acceptors (Lipinski definition) is 0. The number of hydrogen-bond donors (Lipinski definition) is 0. The van der Waals surface area contributed by atoms with Gasteiger partial charge in [0.2, 0.25) is 0 Å². The Labute approximate surface area is 285 Å². The predicted molar refractivity (Wildman–Crippen MR) is 201 cm³/mol. The van der Waals surface area contributed by atoms with Crippen LogP contribution in [0.15, 0.2) is 66.9 Å². The third kappa shape index (κ3) is 15.5. The molecule has 256 valence electrons. The number of unbranched alkanes of at least 4 members (excludes halogenated alkanes) is 19. The van der Waals surface area contributed by atoms with Crippen molar-refractivity contribution >= 4 is 0 Å². The summed E-state index contributed by atoms with van der Waals surface area (Å²) in [6.07, 6.45) is 34.0. The van der Waals surface area contributed by atoms with E-state index in [2.05, 4.69) is 96.8 Å². The summed E-state index contributed by atoms with van der Waals surface area (Å²) in [5.74, 6) is 2.03. The molecule has 0 aliphatic rings. The van der Waals surface area contributed by atoms with Crippen LogP contribution in [0.25, 0.3) is 0 Å². The van der Waals surface area contributed by atoms with Crippen LogP contribution in [0.1, 0.15) is 184 Å². The van der Waals surface area contributed by atoms with Crippen LogP contribution in [0.2, 0.25) is 0 Å². The van der Waals surface area contributed by atoms with E-state index in [-0.39, 0.29) is 0 Å². The third-order valence-electron chi connectivity index (χ3n) is 10.1. The van der Waals surface area contributed by atoms with E-state index in [1.807, 2.05) is 0 Å². The second-order valence-corrected chi connectivity index (χ2v) is 14.3. The first-order chi connectivity index (χ1) is 22.7. The molecule has 2 nitrogen and oxygen atoms in total. The van der Waals surface area contributed by atoms with E-state index in [0.717, 1.165) is 25.9 Å². The minimum absolute atomic E-state index is 0.517. The summed E-state index contributed by atoms with van der Waals surface area (Å²) < 4.78 is 5.39. The highest BCUT2D eigenvalue weighted by molar-refractivity contribution is 5.21. The molecular weight excluding hydrogens is 556 g/mol. The zero-order chi connectivity index (χ0) is 32.5. The molecule has 1 unspecified atom stereocenters. The molecule has 2 heteroatoms. The zero-order valence-corrected chi connectivity index (χ0v) is 30.5. The van der Waals surface area contributed by atoms with Crippen LogP contribution in [-0.4, -0.2) is 4.57 Å². The van der Waals surface area contributed by atoms with Crippen LogP contribution in [0, 0.1) is 0 Å². The second kappa shape index (κ2) is 24.8. The Morgan fingerprint density at radius 2 is 1.00 bits per heavy atom. The fourth-order valence-corrected chi connectivity index (χ4v) is 7.17. The van der Waals surface area contributed by atoms with E-state index in [4.69, 9.17) is 0 Å². The van der Waals surface area contributed by atoms with Crippen LogP contribution in [0.5, 0.6) is 0 Å². The molecule has 2 aromatic carbocycles. The maximum atomic E-state index is 2.74. The topological polar surface area (TPSA) is 8.81 Å². The van der Waals surface area contributed by atoms with E-state index in [1.54, 1.807) is 0 Å². The van der Waals surface area contributed by atoms with E-state index in [0.29, 0.717) is 5.92 Å². The standard InChI is InChI=1S/C44H71N2/c1-4-6-8-10-12-13-14-15-16-17-18-19-20-22-30-36-46-43(37-40(3)42-33-27-24-28-34-42)39-45(35-29-21-11-9-7-5-2)44(46)38-41-31-25-23-26-32-41/h23-28,31-34,39-40H,4-22,29-30,35-38H2,1-3H3/q+1. The SMILES string of the molecule is CCCCCCCCCCCCCCCCC[n+]1c(CC(C)c2ccccc2)cn(CCCCCCCC)c1Cc1ccccc1. The summed E-state index contributed by atoms with van der Waals surface area (Å²) in [5.41, 5.74) is 4.41. The van der Waals surface area contributed by atoms with Crippen molar-refractivity contribution in [1.29, 1.82) is 0 Å². The van der Waals surface area contributed by atoms with E-state index in [1.165, 1.54) is 157 Å². The molecular formula is C44H71N2+. The second-order valence-electron chi connectivity index (χ2n) is 14.3. The highest BCUT2D eigenvalue weighted by atomic mass is 15.2. The summed E-state index contributed by atoms with van der Waals surface area (Å²) in [4.78, 5) is 0. The van der Waals surface area contributed by atoms with Crippen molar-refractivity contribution in [3.63, 3.8) is 0 Å². The van der Waals surface area contributed by atoms with Gasteiger partial charge in [-0.3, -0.25) is 0 Å². The van der Waals surface area contributed by atoms with Crippen molar-refractivity contribution in [2.24, 2.45) is 0 Å². The Kier molecular flexibility index (Phi) is 20.5. The van der Waals surface area contributed by atoms with Crippen LogP contribution in [0.3, 0.4) is 0 Å². The Balaban J connectivity index is 1.55. The first kappa shape index (κ1) is 38.1. The molecule has 0 saturated heterocycles. The van der Waals surface area contributed by atoms with Crippen molar-refractivity contribution in [1.82, 2.24) is 4.57 Å². The summed E-state index contributed by atoms with van der Waals surface area (Å²) in [5, 5.41) is 0. The summed E-state index contributed by atoms with van der Waals surface area (Å²) in [7, 11) is 0. The van der Waals surface area contributed by atoms with Gasteiger partial charge >= 0.3 is 0 Å². The van der Waals surface area contributed by atoms with E-state index in [9.17, 15) is 0 Å². The zero-order valence-electron chi connectivity index (χ0n) is 30.5. The molecule has 0 spiro atoms. The average Bonchev–Trinajstić information content (AvgIpc) is 3.39. The highest BCUT2D eigenvalue weighted by Gasteiger charge is 2.25. The average molecular weight is 628 g/mol. The van der Waals surface area contributed by atoms with Gasteiger partial charge in [-0.15, -0.1) is 0 Å². The molecule has 1 heterocycles. The lowest BCUT2D eigenvalue weighted by Crippen LogP contribution is -2.41. The predicted octanol–water partition coefficient (Wildman–Crippen LogP) is 12.9. The fourth-order valence-electron chi connectivity index (χ4n) is 7.17. The normalized spacial score (nSPS) is 12.2. The Bertz CT molecular complexity index is 1120. The minimum atomic E-state index is 0.517. The maximum absolute atomic E-state index is 2.74. The third-order valence-corrected chi connectivity index (χ3v) is 10.1. The fraction of sp³-hybridized carbons (Fsp3) is 0.659. The lowest BCUT2D eigenvalue weighted by Gasteiger charge is -2.12. The quantitative estimate of drug-likeness (QED) is 0.0559. The largest absolute Gasteiger partial charge is 0.261 e. The molecule has 0 bridgehead atoms. The molecule has 0 amide bonds. The van der Waals surface area contributed by atoms with Gasteiger partial charge in [0.1, 0.15) is 11.9 Å². The van der Waals surface area contributed by atoms with Gasteiger partial charge in [-0.25, -0.2) is 9.13 Å². The lowest BCUT2D eigenvalue weighted by atomic mass is 9.96. The van der Waals surface area contributed by atoms with Crippen molar-refractivity contribution < 1.29 is 4.57 Å². The smallest absolute Gasteiger partial charge is 0.234 e. The van der Waals surface area contributed by atoms with Crippen LogP contribution < -0.4 is 4.57 Å². The molecule has 0 saturated carbocycles. The number of aromatic nitrogens is 2. The van der Waals surface area contributed by atoms with Gasteiger partial charge < -0.3 is 0 Å². The summed E-state index contributed by atoms with van der Waals surface area (Å²) >= 11 is 0. The van der Waals surface area contributed by atoms with Crippen molar-refractivity contribution in [2.75, 3.05) is 0 Å². The lowest BCUT2D eigenvalue weighted by molar-refractivity contribution is -0.710. The monoisotopic (exact) mass is 628 g/mol. The van der Waals surface area contributed by atoms with Gasteiger partial charge in [0.05, 0.1) is 19.5 Å². The molecule has 0 radical (unpaired) electrons. The number of benzene rings is 2. The molecule has 0 aliphatic heterocycles. The van der Waals surface area contributed by atoms with E-state index >= 15 is 0 Å². The summed E-state index contributed by atoms with van der Waals surface area (Å²) in [6, 6.07) is 22.3. The number of aryl methyl sites for hydroxylation is 1. The number of nitrogens with zero attached hydrogens (tertiary/aromatic N) is 2. The van der Waals surface area contributed by atoms with Crippen molar-refractivity contribution in [3.05, 3.63) is 89.5 Å². The number of imidazole rings is 1. The Morgan fingerprint density at radius 1 is 0.543 bits per heavy atom. The van der Waals surface area contributed by atoms with E-state index < -0.39 is 0 Å². The van der Waals surface area contributed by atoms with Gasteiger partial charge in [-0.1, -0.05) is 191 Å². The molecule has 46 heavy (non-hydrogen) atoms. The van der Waals surface area contributed by atoms with Gasteiger partial charge in [0.15, 0.2) is 0 Å². The van der Waals surface area contributed by atoms with Gasteiger partial charge in [-0.2, -0.15) is 0 Å². The Hall–Kier alpha value is -2.35. The van der Waals surface area contributed by atoms with Crippen molar-refractivity contribution in [2.45, 2.75) is 187 Å². The first-order valence-electron chi connectivity index (χ1n) is 19.9. The van der Waals surface area contributed by atoms with Crippen LogP contribution >= 0.6 is 0 Å². The summed E-state index contributed by atoms with van der Waals surface area (Å²) in [6.45, 7) is 9.33. The van der Waals surface area contributed by atoms with Gasteiger partial charge in [0.25, 0.3) is 5.82 Å². The van der Waals surface area contributed by atoms with Gasteiger partial charge in [0, 0.05) is 6.42 Å². The Morgan fingerprint density at radius 3 is 1.52 bits per heavy atom. The van der Waals surface area contributed by atoms with Gasteiger partial charge in [-0.05, 0) is 42.7 Å². The van der Waals surface area contributed by atoms with Crippen molar-refractivity contribution in [3.8, 4) is 0 Å². The molecule has 3 rings (SSSR count). The van der Waals surface area contributed by atoms with Crippen LogP contribution in [-0.2, 0) is 25.9 Å². The molecule has 1 aromatic heterocycles. The number of rotatable bonds is 28. The highest BCUT2D eigenvalue weighted by Crippen LogP contribution is 2.21. The molecule has 0 aliphatic carbocycles. The molecule has 3 aromatic rings. The molecule has 1 atom stereocenters. The minimum Gasteiger partial charge on any atom is -0.234 e. The molecule has 0 N–H and O–H groups in total. The molecule has 0 fully saturated rings. The maximum Gasteiger partial charge on any atom is 0.261 e. The van der Waals surface area contributed by atoms with Crippen LogP contribution in [0.4, 0.5) is 0 Å². The first-order valence-corrected chi connectivity index (χ1v) is 19.9.